The first-order valence-corrected chi connectivity index (χ1v) is 9.36. The minimum atomic E-state index is -0.751. The van der Waals surface area contributed by atoms with Crippen molar-refractivity contribution >= 4 is 23.5 Å². The van der Waals surface area contributed by atoms with Gasteiger partial charge in [0.05, 0.1) is 6.61 Å². The van der Waals surface area contributed by atoms with E-state index in [4.69, 9.17) is 19.5 Å². The summed E-state index contributed by atoms with van der Waals surface area (Å²) in [6.45, 7) is 3.44. The van der Waals surface area contributed by atoms with Crippen molar-refractivity contribution in [2.75, 3.05) is 11.9 Å². The van der Waals surface area contributed by atoms with E-state index in [1.807, 2.05) is 24.3 Å². The molecular formula is C23H20N2O5. The number of allylic oxidation sites excluding steroid dienone is 1. The molecule has 0 bridgehead atoms. The second kappa shape index (κ2) is 9.43. The minimum absolute atomic E-state index is 0.00412. The van der Waals surface area contributed by atoms with Crippen LogP contribution in [-0.2, 0) is 19.1 Å². The Bertz CT molecular complexity index is 1030. The summed E-state index contributed by atoms with van der Waals surface area (Å²) in [4.78, 5) is 25.2. The molecule has 1 aliphatic heterocycles. The standard InChI is InChI=1S/C23H20N2O5/c1-3-28-23(27)20-21(26)19(30-22(20)25-17-7-5-4-6-8-17)13-16-9-11-18(12-10-16)29-15(2)14-24/h4-13,15,25H,3H2,1-2H3/b19-13+. The molecule has 1 atom stereocenters. The van der Waals surface area contributed by atoms with Crippen LogP contribution in [0.15, 0.2) is 71.8 Å². The van der Waals surface area contributed by atoms with Crippen LogP contribution < -0.4 is 10.1 Å². The number of benzene rings is 2. The monoisotopic (exact) mass is 404 g/mol. The van der Waals surface area contributed by atoms with Gasteiger partial charge >= 0.3 is 5.97 Å². The highest BCUT2D eigenvalue weighted by Gasteiger charge is 2.36. The molecule has 0 aromatic heterocycles. The van der Waals surface area contributed by atoms with Crippen LogP contribution in [0.1, 0.15) is 19.4 Å². The normalized spacial score (nSPS) is 15.4. The molecule has 1 heterocycles. The van der Waals surface area contributed by atoms with Crippen molar-refractivity contribution in [2.45, 2.75) is 20.0 Å². The smallest absolute Gasteiger partial charge is 0.347 e. The number of nitrogens with zero attached hydrogens (tertiary/aromatic N) is 1. The van der Waals surface area contributed by atoms with Gasteiger partial charge in [0.15, 0.2) is 17.4 Å². The molecule has 1 N–H and O–H groups in total. The lowest BCUT2D eigenvalue weighted by molar-refractivity contribution is -0.139. The third-order valence-electron chi connectivity index (χ3n) is 4.07. The van der Waals surface area contributed by atoms with Crippen LogP contribution in [0, 0.1) is 11.3 Å². The summed E-state index contributed by atoms with van der Waals surface area (Å²) in [6.07, 6.45) is 0.954. The largest absolute Gasteiger partial charge is 0.476 e. The summed E-state index contributed by atoms with van der Waals surface area (Å²) < 4.78 is 16.1. The van der Waals surface area contributed by atoms with Gasteiger partial charge in [0.2, 0.25) is 11.7 Å². The van der Waals surface area contributed by atoms with E-state index in [9.17, 15) is 9.59 Å². The molecule has 2 aromatic carbocycles. The molecule has 0 fully saturated rings. The van der Waals surface area contributed by atoms with Crippen LogP contribution in [0.25, 0.3) is 6.08 Å². The number of para-hydroxylation sites is 1. The summed E-state index contributed by atoms with van der Waals surface area (Å²) in [5.74, 6) is -0.764. The summed E-state index contributed by atoms with van der Waals surface area (Å²) in [5, 5.41) is 11.8. The van der Waals surface area contributed by atoms with Gasteiger partial charge in [0, 0.05) is 5.69 Å². The zero-order valence-corrected chi connectivity index (χ0v) is 16.5. The predicted octanol–water partition coefficient (Wildman–Crippen LogP) is 3.80. The number of carbonyl (C=O) groups is 2. The van der Waals surface area contributed by atoms with Crippen molar-refractivity contribution in [3.8, 4) is 11.8 Å². The van der Waals surface area contributed by atoms with Crippen LogP contribution in [0.4, 0.5) is 5.69 Å². The topological polar surface area (TPSA) is 97.7 Å². The summed E-state index contributed by atoms with van der Waals surface area (Å²) in [7, 11) is 0. The molecule has 3 rings (SSSR count). The molecule has 0 spiro atoms. The van der Waals surface area contributed by atoms with Gasteiger partial charge in [-0.1, -0.05) is 30.3 Å². The SMILES string of the molecule is CCOC(=O)C1=C(Nc2ccccc2)O/C(=C/c2ccc(OC(C)C#N)cc2)C1=O. The van der Waals surface area contributed by atoms with Crippen LogP contribution in [0.2, 0.25) is 0 Å². The van der Waals surface area contributed by atoms with E-state index in [0.29, 0.717) is 17.0 Å². The number of hydrogen-bond acceptors (Lipinski definition) is 7. The molecule has 30 heavy (non-hydrogen) atoms. The van der Waals surface area contributed by atoms with E-state index in [1.165, 1.54) is 6.08 Å². The Balaban J connectivity index is 1.84. The first-order valence-electron chi connectivity index (χ1n) is 9.36. The highest BCUT2D eigenvalue weighted by Crippen LogP contribution is 2.29. The molecular weight excluding hydrogens is 384 g/mol. The van der Waals surface area contributed by atoms with Gasteiger partial charge in [-0.05, 0) is 49.8 Å². The van der Waals surface area contributed by atoms with Crippen molar-refractivity contribution in [1.29, 1.82) is 5.26 Å². The predicted molar refractivity (Wildman–Crippen MR) is 110 cm³/mol. The van der Waals surface area contributed by atoms with Crippen molar-refractivity contribution in [3.63, 3.8) is 0 Å². The highest BCUT2D eigenvalue weighted by molar-refractivity contribution is 6.26. The molecule has 1 unspecified atom stereocenters. The first kappa shape index (κ1) is 20.7. The number of ketones is 1. The quantitative estimate of drug-likeness (QED) is 0.426. The number of hydrogen-bond donors (Lipinski definition) is 1. The number of carbonyl (C=O) groups excluding carboxylic acids is 2. The number of nitrogens with one attached hydrogen (secondary N) is 1. The van der Waals surface area contributed by atoms with Gasteiger partial charge in [-0.15, -0.1) is 0 Å². The van der Waals surface area contributed by atoms with Gasteiger partial charge in [0.1, 0.15) is 11.8 Å². The van der Waals surface area contributed by atoms with E-state index in [-0.39, 0.29) is 23.8 Å². The Morgan fingerprint density at radius 1 is 1.20 bits per heavy atom. The zero-order chi connectivity index (χ0) is 21.5. The Morgan fingerprint density at radius 3 is 2.53 bits per heavy atom. The second-order valence-electron chi connectivity index (χ2n) is 6.31. The number of nitriles is 1. The second-order valence-corrected chi connectivity index (χ2v) is 6.31. The van der Waals surface area contributed by atoms with Gasteiger partial charge < -0.3 is 19.5 Å². The molecule has 2 aromatic rings. The van der Waals surface area contributed by atoms with E-state index in [1.54, 1.807) is 50.2 Å². The molecule has 0 amide bonds. The van der Waals surface area contributed by atoms with Crippen molar-refractivity contribution in [1.82, 2.24) is 0 Å². The lowest BCUT2D eigenvalue weighted by Gasteiger charge is -2.09. The average molecular weight is 404 g/mol. The number of rotatable bonds is 7. The highest BCUT2D eigenvalue weighted by atomic mass is 16.5. The van der Waals surface area contributed by atoms with Crippen molar-refractivity contribution < 1.29 is 23.8 Å². The Kier molecular flexibility index (Phi) is 6.50. The summed E-state index contributed by atoms with van der Waals surface area (Å²) >= 11 is 0. The average Bonchev–Trinajstić information content (AvgIpc) is 3.05. The summed E-state index contributed by atoms with van der Waals surface area (Å²) in [6, 6.07) is 17.8. The molecule has 152 valence electrons. The molecule has 0 radical (unpaired) electrons. The Morgan fingerprint density at radius 2 is 1.90 bits per heavy atom. The molecule has 0 saturated heterocycles. The van der Waals surface area contributed by atoms with Crippen LogP contribution >= 0.6 is 0 Å². The lowest BCUT2D eigenvalue weighted by Crippen LogP contribution is -2.16. The maximum Gasteiger partial charge on any atom is 0.347 e. The maximum absolute atomic E-state index is 12.8. The van der Waals surface area contributed by atoms with E-state index in [2.05, 4.69) is 5.32 Å². The number of esters is 1. The van der Waals surface area contributed by atoms with Crippen molar-refractivity contribution in [3.05, 3.63) is 77.4 Å². The third-order valence-corrected chi connectivity index (χ3v) is 4.07. The van der Waals surface area contributed by atoms with E-state index in [0.717, 1.165) is 0 Å². The maximum atomic E-state index is 12.8. The summed E-state index contributed by atoms with van der Waals surface area (Å²) in [5.41, 5.74) is 1.14. The van der Waals surface area contributed by atoms with E-state index >= 15 is 0 Å². The zero-order valence-electron chi connectivity index (χ0n) is 16.5. The molecule has 1 aliphatic rings. The third kappa shape index (κ3) is 4.86. The minimum Gasteiger partial charge on any atom is -0.476 e. The fourth-order valence-electron chi connectivity index (χ4n) is 2.68. The van der Waals surface area contributed by atoms with Gasteiger partial charge in [-0.3, -0.25) is 4.79 Å². The van der Waals surface area contributed by atoms with Crippen LogP contribution in [-0.4, -0.2) is 24.5 Å². The molecule has 7 heteroatoms. The van der Waals surface area contributed by atoms with Crippen molar-refractivity contribution in [2.24, 2.45) is 0 Å². The number of Topliss-reactive ketones (excluding diaryl/α,β-unsaturated/α-hetero) is 1. The van der Waals surface area contributed by atoms with Crippen LogP contribution in [0.5, 0.6) is 5.75 Å². The lowest BCUT2D eigenvalue weighted by atomic mass is 10.1. The first-order chi connectivity index (χ1) is 14.5. The molecule has 0 aliphatic carbocycles. The fraction of sp³-hybridized carbons (Fsp3) is 0.174. The van der Waals surface area contributed by atoms with E-state index < -0.39 is 17.9 Å². The Labute approximate surface area is 174 Å². The number of anilines is 1. The Hall–Kier alpha value is -4.05. The van der Waals surface area contributed by atoms with Gasteiger partial charge in [-0.2, -0.15) is 5.26 Å². The molecule has 7 nitrogen and oxygen atoms in total. The van der Waals surface area contributed by atoms with Crippen LogP contribution in [0.3, 0.4) is 0 Å². The fourth-order valence-corrected chi connectivity index (χ4v) is 2.68. The number of ether oxygens (including phenoxy) is 3. The van der Waals surface area contributed by atoms with Gasteiger partial charge in [-0.25, -0.2) is 4.79 Å². The molecule has 0 saturated carbocycles. The van der Waals surface area contributed by atoms with Gasteiger partial charge in [0.25, 0.3) is 0 Å².